The van der Waals surface area contributed by atoms with Gasteiger partial charge in [-0.3, -0.25) is 9.20 Å². The topological polar surface area (TPSA) is 68.5 Å². The van der Waals surface area contributed by atoms with Gasteiger partial charge in [0, 0.05) is 6.20 Å². The van der Waals surface area contributed by atoms with Crippen LogP contribution in [-0.2, 0) is 17.5 Å². The molecule has 3 aromatic rings. The number of carbonyl (C=O) groups excluding carboxylic acids is 1. The summed E-state index contributed by atoms with van der Waals surface area (Å²) in [6, 6.07) is 9.38. The molecule has 1 N–H and O–H groups in total. The second-order valence-electron chi connectivity index (χ2n) is 5.64. The monoisotopic (exact) mass is 364 g/mol. The molecule has 0 aliphatic carbocycles. The first-order valence-electron chi connectivity index (χ1n) is 7.70. The first kappa shape index (κ1) is 17.7. The number of amides is 1. The highest BCUT2D eigenvalue weighted by Crippen LogP contribution is 2.29. The van der Waals surface area contributed by atoms with Crippen LogP contribution in [0.25, 0.3) is 5.65 Å². The standard InChI is InChI=1S/C17H15F3N4O2/c1-11-3-2-4-13(7-11)26-10-16(25)21-8-15-23-22-14-6-5-12(9-24(14)15)17(18,19)20/h2-7,9H,8,10H2,1H3,(H,21,25). The Balaban J connectivity index is 1.63. The van der Waals surface area contributed by atoms with E-state index in [9.17, 15) is 18.0 Å². The lowest BCUT2D eigenvalue weighted by Crippen LogP contribution is -2.29. The predicted molar refractivity (Wildman–Crippen MR) is 86.5 cm³/mol. The number of benzene rings is 1. The number of carbonyl (C=O) groups is 1. The number of hydrogen-bond donors (Lipinski definition) is 1. The molecule has 1 amide bonds. The Hall–Kier alpha value is -3.10. The largest absolute Gasteiger partial charge is 0.484 e. The maximum absolute atomic E-state index is 12.8. The Labute approximate surface area is 146 Å². The predicted octanol–water partition coefficient (Wildman–Crippen LogP) is 2.75. The third kappa shape index (κ3) is 4.11. The quantitative estimate of drug-likeness (QED) is 0.756. The van der Waals surface area contributed by atoms with E-state index in [1.165, 1.54) is 10.5 Å². The molecule has 0 fully saturated rings. The molecule has 2 aromatic heterocycles. The van der Waals surface area contributed by atoms with E-state index in [0.29, 0.717) is 5.75 Å². The summed E-state index contributed by atoms with van der Waals surface area (Å²) in [6.45, 7) is 1.62. The third-order valence-corrected chi connectivity index (χ3v) is 3.60. The first-order chi connectivity index (χ1) is 12.3. The maximum Gasteiger partial charge on any atom is 0.417 e. The Morgan fingerprint density at radius 1 is 1.23 bits per heavy atom. The molecule has 2 heterocycles. The molecule has 136 valence electrons. The van der Waals surface area contributed by atoms with Gasteiger partial charge in [0.1, 0.15) is 5.75 Å². The zero-order valence-corrected chi connectivity index (χ0v) is 13.7. The minimum absolute atomic E-state index is 0.0709. The minimum atomic E-state index is -4.47. The fourth-order valence-electron chi connectivity index (χ4n) is 2.31. The Kier molecular flexibility index (Phi) is 4.79. The van der Waals surface area contributed by atoms with Gasteiger partial charge in [-0.1, -0.05) is 12.1 Å². The summed E-state index contributed by atoms with van der Waals surface area (Å²) < 4.78 is 45.0. The van der Waals surface area contributed by atoms with Crippen molar-refractivity contribution in [2.75, 3.05) is 6.61 Å². The molecule has 0 spiro atoms. The molecule has 3 rings (SSSR count). The number of rotatable bonds is 5. The highest BCUT2D eigenvalue weighted by Gasteiger charge is 2.31. The van der Waals surface area contributed by atoms with Gasteiger partial charge in [0.25, 0.3) is 5.91 Å². The number of nitrogens with zero attached hydrogens (tertiary/aromatic N) is 3. The van der Waals surface area contributed by atoms with Crippen LogP contribution in [0, 0.1) is 6.92 Å². The van der Waals surface area contributed by atoms with Gasteiger partial charge in [-0.05, 0) is 36.8 Å². The Morgan fingerprint density at radius 2 is 2.04 bits per heavy atom. The van der Waals surface area contributed by atoms with Crippen molar-refractivity contribution in [1.82, 2.24) is 19.9 Å². The van der Waals surface area contributed by atoms with E-state index in [0.717, 1.165) is 17.8 Å². The number of fused-ring (bicyclic) bond motifs is 1. The molecule has 1 aromatic carbocycles. The summed E-state index contributed by atoms with van der Waals surface area (Å²) in [4.78, 5) is 11.9. The van der Waals surface area contributed by atoms with E-state index in [4.69, 9.17) is 4.74 Å². The van der Waals surface area contributed by atoms with Gasteiger partial charge in [-0.15, -0.1) is 10.2 Å². The lowest BCUT2D eigenvalue weighted by Gasteiger charge is -2.09. The number of aryl methyl sites for hydroxylation is 1. The number of aromatic nitrogens is 3. The van der Waals surface area contributed by atoms with Crippen LogP contribution >= 0.6 is 0 Å². The highest BCUT2D eigenvalue weighted by molar-refractivity contribution is 5.77. The lowest BCUT2D eigenvalue weighted by molar-refractivity contribution is -0.137. The smallest absolute Gasteiger partial charge is 0.417 e. The van der Waals surface area contributed by atoms with Crippen molar-refractivity contribution in [2.45, 2.75) is 19.6 Å². The molecule has 0 unspecified atom stereocenters. The number of hydrogen-bond acceptors (Lipinski definition) is 4. The van der Waals surface area contributed by atoms with E-state index in [2.05, 4.69) is 15.5 Å². The summed E-state index contributed by atoms with van der Waals surface area (Å²) >= 11 is 0. The number of nitrogens with one attached hydrogen (secondary N) is 1. The van der Waals surface area contributed by atoms with Gasteiger partial charge < -0.3 is 10.1 Å². The number of ether oxygens (including phenoxy) is 1. The van der Waals surface area contributed by atoms with Crippen LogP contribution < -0.4 is 10.1 Å². The van der Waals surface area contributed by atoms with Crippen LogP contribution in [0.1, 0.15) is 17.0 Å². The normalized spacial score (nSPS) is 11.5. The summed E-state index contributed by atoms with van der Waals surface area (Å²) in [5, 5.41) is 10.1. The summed E-state index contributed by atoms with van der Waals surface area (Å²) in [7, 11) is 0. The summed E-state index contributed by atoms with van der Waals surface area (Å²) in [5.41, 5.74) is 0.441. The van der Waals surface area contributed by atoms with Crippen molar-refractivity contribution in [3.8, 4) is 5.75 Å². The van der Waals surface area contributed by atoms with Crippen LogP contribution in [0.3, 0.4) is 0 Å². The molecule has 0 saturated heterocycles. The van der Waals surface area contributed by atoms with Crippen LogP contribution in [0.2, 0.25) is 0 Å². The molecular formula is C17H15F3N4O2. The van der Waals surface area contributed by atoms with E-state index < -0.39 is 17.6 Å². The first-order valence-corrected chi connectivity index (χ1v) is 7.70. The molecule has 9 heteroatoms. The van der Waals surface area contributed by atoms with Crippen molar-refractivity contribution in [2.24, 2.45) is 0 Å². The van der Waals surface area contributed by atoms with Gasteiger partial charge in [0.05, 0.1) is 12.1 Å². The summed E-state index contributed by atoms with van der Waals surface area (Å²) in [6.07, 6.45) is -3.57. The average molecular weight is 364 g/mol. The number of halogens is 3. The van der Waals surface area contributed by atoms with Gasteiger partial charge in [0.2, 0.25) is 0 Å². The van der Waals surface area contributed by atoms with Crippen molar-refractivity contribution in [3.63, 3.8) is 0 Å². The summed E-state index contributed by atoms with van der Waals surface area (Å²) in [5.74, 6) is 0.327. The maximum atomic E-state index is 12.8. The van der Waals surface area contributed by atoms with Gasteiger partial charge >= 0.3 is 6.18 Å². The molecule has 6 nitrogen and oxygen atoms in total. The molecular weight excluding hydrogens is 349 g/mol. The van der Waals surface area contributed by atoms with Gasteiger partial charge in [0.15, 0.2) is 18.1 Å². The zero-order chi connectivity index (χ0) is 18.7. The minimum Gasteiger partial charge on any atom is -0.484 e. The fraction of sp³-hybridized carbons (Fsp3) is 0.235. The SMILES string of the molecule is Cc1cccc(OCC(=O)NCc2nnc3ccc(C(F)(F)F)cn23)c1. The second-order valence-corrected chi connectivity index (χ2v) is 5.64. The van der Waals surface area contributed by atoms with Crippen molar-refractivity contribution in [1.29, 1.82) is 0 Å². The van der Waals surface area contributed by atoms with Crippen LogP contribution in [0.4, 0.5) is 13.2 Å². The van der Waals surface area contributed by atoms with Crippen LogP contribution in [0.5, 0.6) is 5.75 Å². The molecule has 0 aliphatic heterocycles. The van der Waals surface area contributed by atoms with Crippen molar-refractivity contribution in [3.05, 3.63) is 59.5 Å². The van der Waals surface area contributed by atoms with Crippen LogP contribution in [-0.4, -0.2) is 27.1 Å². The van der Waals surface area contributed by atoms with Crippen molar-refractivity contribution >= 4 is 11.6 Å². The molecule has 0 bridgehead atoms. The number of alkyl halides is 3. The van der Waals surface area contributed by atoms with E-state index in [-0.39, 0.29) is 24.6 Å². The molecule has 0 radical (unpaired) electrons. The molecule has 0 aliphatic rings. The molecule has 26 heavy (non-hydrogen) atoms. The van der Waals surface area contributed by atoms with Gasteiger partial charge in [-0.25, -0.2) is 0 Å². The number of pyridine rings is 1. The van der Waals surface area contributed by atoms with E-state index >= 15 is 0 Å². The zero-order valence-electron chi connectivity index (χ0n) is 13.7. The Morgan fingerprint density at radius 3 is 2.77 bits per heavy atom. The Bertz CT molecular complexity index is 937. The molecule has 0 atom stereocenters. The van der Waals surface area contributed by atoms with Crippen LogP contribution in [0.15, 0.2) is 42.6 Å². The average Bonchev–Trinajstić information content (AvgIpc) is 3.00. The van der Waals surface area contributed by atoms with Crippen molar-refractivity contribution < 1.29 is 22.7 Å². The second kappa shape index (κ2) is 7.03. The third-order valence-electron chi connectivity index (χ3n) is 3.60. The van der Waals surface area contributed by atoms with E-state index in [1.54, 1.807) is 12.1 Å². The van der Waals surface area contributed by atoms with E-state index in [1.807, 2.05) is 19.1 Å². The molecule has 0 saturated carbocycles. The fourth-order valence-corrected chi connectivity index (χ4v) is 2.31. The lowest BCUT2D eigenvalue weighted by atomic mass is 10.2. The van der Waals surface area contributed by atoms with Gasteiger partial charge in [-0.2, -0.15) is 13.2 Å². The highest BCUT2D eigenvalue weighted by atomic mass is 19.4.